The zero-order valence-electron chi connectivity index (χ0n) is 14.8. The summed E-state index contributed by atoms with van der Waals surface area (Å²) in [7, 11) is 0. The zero-order valence-corrected chi connectivity index (χ0v) is 14.8. The van der Waals surface area contributed by atoms with E-state index < -0.39 is 0 Å². The molecular formula is C20H22N4O2. The van der Waals surface area contributed by atoms with Crippen molar-refractivity contribution in [3.63, 3.8) is 0 Å². The molecule has 0 spiro atoms. The van der Waals surface area contributed by atoms with Gasteiger partial charge in [0.2, 0.25) is 0 Å². The topological polar surface area (TPSA) is 61.2 Å². The van der Waals surface area contributed by atoms with Crippen LogP contribution in [0.15, 0.2) is 36.8 Å². The first-order valence-electron chi connectivity index (χ1n) is 9.17. The van der Waals surface area contributed by atoms with E-state index in [-0.39, 0.29) is 12.3 Å². The first-order valence-corrected chi connectivity index (χ1v) is 9.17. The third-order valence-electron chi connectivity index (χ3n) is 5.35. The van der Waals surface area contributed by atoms with Gasteiger partial charge in [-0.25, -0.2) is 9.97 Å². The molecule has 0 bridgehead atoms. The van der Waals surface area contributed by atoms with E-state index in [1.807, 2.05) is 13.1 Å². The summed E-state index contributed by atoms with van der Waals surface area (Å²) >= 11 is 0. The molecule has 0 aliphatic carbocycles. The Bertz CT molecular complexity index is 952. The van der Waals surface area contributed by atoms with Gasteiger partial charge in [0.05, 0.1) is 12.3 Å². The number of hydrogen-bond donors (Lipinski definition) is 1. The van der Waals surface area contributed by atoms with Gasteiger partial charge in [-0.3, -0.25) is 0 Å². The first-order chi connectivity index (χ1) is 12.8. The van der Waals surface area contributed by atoms with Crippen LogP contribution < -0.4 is 10.1 Å². The predicted molar refractivity (Wildman–Crippen MR) is 98.1 cm³/mol. The maximum absolute atomic E-state index is 6.34. The lowest BCUT2D eigenvalue weighted by Gasteiger charge is -2.22. The molecule has 1 fully saturated rings. The average Bonchev–Trinajstić information content (AvgIpc) is 3.29. The molecule has 1 aromatic carbocycles. The molecule has 2 atom stereocenters. The van der Waals surface area contributed by atoms with Crippen molar-refractivity contribution in [3.8, 4) is 5.75 Å². The number of aromatic nitrogens is 3. The average molecular weight is 350 g/mol. The van der Waals surface area contributed by atoms with Gasteiger partial charge in [-0.15, -0.1) is 0 Å². The van der Waals surface area contributed by atoms with Gasteiger partial charge in [-0.2, -0.15) is 0 Å². The molecule has 2 aromatic heterocycles. The molecular weight excluding hydrogens is 328 g/mol. The lowest BCUT2D eigenvalue weighted by molar-refractivity contribution is 0.0526. The fraction of sp³-hybridized carbons (Fsp3) is 0.400. The Hall–Kier alpha value is -2.44. The maximum atomic E-state index is 6.34. The fourth-order valence-corrected chi connectivity index (χ4v) is 3.97. The molecule has 1 saturated heterocycles. The van der Waals surface area contributed by atoms with E-state index in [0.717, 1.165) is 48.4 Å². The maximum Gasteiger partial charge on any atom is 0.145 e. The smallest absolute Gasteiger partial charge is 0.145 e. The van der Waals surface area contributed by atoms with Gasteiger partial charge < -0.3 is 19.4 Å². The van der Waals surface area contributed by atoms with Crippen LogP contribution in [-0.2, 0) is 17.7 Å². The third-order valence-corrected chi connectivity index (χ3v) is 5.35. The standard InChI is InChI=1S/C20H22N4O2/c1-13-16-6-8-24(20(16)23-12-22-13)19-9-15(11-25-19)26-18-4-2-3-14-10-21-7-5-17(14)18/h2-4,6,8,12,15,19,21H,5,7,9-11H2,1H3. The highest BCUT2D eigenvalue weighted by atomic mass is 16.6. The summed E-state index contributed by atoms with van der Waals surface area (Å²) in [4.78, 5) is 8.70. The lowest BCUT2D eigenvalue weighted by Crippen LogP contribution is -2.25. The van der Waals surface area contributed by atoms with E-state index >= 15 is 0 Å². The number of nitrogens with one attached hydrogen (secondary N) is 1. The summed E-state index contributed by atoms with van der Waals surface area (Å²) < 4.78 is 14.5. The monoisotopic (exact) mass is 350 g/mol. The summed E-state index contributed by atoms with van der Waals surface area (Å²) in [6.45, 7) is 4.52. The Morgan fingerprint density at radius 1 is 1.27 bits per heavy atom. The molecule has 4 heterocycles. The van der Waals surface area contributed by atoms with Gasteiger partial charge in [0.25, 0.3) is 0 Å². The Morgan fingerprint density at radius 2 is 2.23 bits per heavy atom. The van der Waals surface area contributed by atoms with Crippen molar-refractivity contribution in [2.75, 3.05) is 13.2 Å². The van der Waals surface area contributed by atoms with Crippen molar-refractivity contribution < 1.29 is 9.47 Å². The molecule has 0 saturated carbocycles. The lowest BCUT2D eigenvalue weighted by atomic mass is 10.00. The Morgan fingerprint density at radius 3 is 3.19 bits per heavy atom. The molecule has 0 radical (unpaired) electrons. The van der Waals surface area contributed by atoms with Gasteiger partial charge in [-0.1, -0.05) is 12.1 Å². The van der Waals surface area contributed by atoms with Crippen molar-refractivity contribution in [3.05, 3.63) is 53.6 Å². The SMILES string of the molecule is Cc1ncnc2c1ccn2C1CC(Oc2cccc3c2CCNC3)CO1. The minimum atomic E-state index is -0.0481. The molecule has 0 amide bonds. The number of nitrogens with zero attached hydrogens (tertiary/aromatic N) is 3. The largest absolute Gasteiger partial charge is 0.488 e. The van der Waals surface area contributed by atoms with Crippen molar-refractivity contribution >= 4 is 11.0 Å². The van der Waals surface area contributed by atoms with Crippen molar-refractivity contribution in [1.82, 2.24) is 19.9 Å². The van der Waals surface area contributed by atoms with E-state index in [9.17, 15) is 0 Å². The van der Waals surface area contributed by atoms with E-state index in [1.54, 1.807) is 6.33 Å². The predicted octanol–water partition coefficient (Wildman–Crippen LogP) is 2.75. The Balaban J connectivity index is 1.36. The van der Waals surface area contributed by atoms with Crippen LogP contribution in [0.2, 0.25) is 0 Å². The van der Waals surface area contributed by atoms with E-state index in [1.165, 1.54) is 11.1 Å². The number of aryl methyl sites for hydroxylation is 1. The van der Waals surface area contributed by atoms with Crippen LogP contribution in [0.5, 0.6) is 5.75 Å². The van der Waals surface area contributed by atoms with Crippen LogP contribution in [0.3, 0.4) is 0 Å². The van der Waals surface area contributed by atoms with Gasteiger partial charge in [0, 0.05) is 24.5 Å². The summed E-state index contributed by atoms with van der Waals surface area (Å²) in [6, 6.07) is 8.39. The first kappa shape index (κ1) is 15.8. The van der Waals surface area contributed by atoms with Crippen molar-refractivity contribution in [2.24, 2.45) is 0 Å². The number of ether oxygens (including phenoxy) is 2. The van der Waals surface area contributed by atoms with Crippen LogP contribution in [0.4, 0.5) is 0 Å². The molecule has 1 N–H and O–H groups in total. The Kier molecular flexibility index (Phi) is 3.87. The van der Waals surface area contributed by atoms with Gasteiger partial charge >= 0.3 is 0 Å². The molecule has 2 aliphatic heterocycles. The highest BCUT2D eigenvalue weighted by Crippen LogP contribution is 2.32. The van der Waals surface area contributed by atoms with E-state index in [4.69, 9.17) is 9.47 Å². The molecule has 6 nitrogen and oxygen atoms in total. The van der Waals surface area contributed by atoms with Crippen LogP contribution >= 0.6 is 0 Å². The van der Waals surface area contributed by atoms with Crippen molar-refractivity contribution in [1.29, 1.82) is 0 Å². The summed E-state index contributed by atoms with van der Waals surface area (Å²) in [5.74, 6) is 1.01. The van der Waals surface area contributed by atoms with Gasteiger partial charge in [0.15, 0.2) is 0 Å². The van der Waals surface area contributed by atoms with Crippen LogP contribution in [0.1, 0.15) is 29.5 Å². The molecule has 26 heavy (non-hydrogen) atoms. The van der Waals surface area contributed by atoms with E-state index in [2.05, 4.69) is 44.1 Å². The summed E-state index contributed by atoms with van der Waals surface area (Å²) in [5, 5.41) is 4.49. The molecule has 5 rings (SSSR count). The van der Waals surface area contributed by atoms with Crippen molar-refractivity contribution in [2.45, 2.75) is 38.6 Å². The Labute approximate surface area is 152 Å². The summed E-state index contributed by atoms with van der Waals surface area (Å²) in [6.07, 6.45) is 5.49. The molecule has 3 aromatic rings. The van der Waals surface area contributed by atoms with E-state index in [0.29, 0.717) is 6.61 Å². The van der Waals surface area contributed by atoms with Crippen LogP contribution in [0.25, 0.3) is 11.0 Å². The number of rotatable bonds is 3. The number of hydrogen-bond acceptors (Lipinski definition) is 5. The molecule has 6 heteroatoms. The normalized spacial score (nSPS) is 22.5. The minimum Gasteiger partial charge on any atom is -0.488 e. The second kappa shape index (κ2) is 6.37. The molecule has 2 aliphatic rings. The number of benzene rings is 1. The highest BCUT2D eigenvalue weighted by Gasteiger charge is 2.30. The van der Waals surface area contributed by atoms with Crippen LogP contribution in [-0.4, -0.2) is 33.8 Å². The second-order valence-electron chi connectivity index (χ2n) is 7.00. The van der Waals surface area contributed by atoms with Gasteiger partial charge in [-0.05, 0) is 43.1 Å². The highest BCUT2D eigenvalue weighted by molar-refractivity contribution is 5.78. The van der Waals surface area contributed by atoms with Gasteiger partial charge in [0.1, 0.15) is 30.1 Å². The molecule has 2 unspecified atom stereocenters. The van der Waals surface area contributed by atoms with Crippen LogP contribution in [0, 0.1) is 6.92 Å². The molecule has 134 valence electrons. The quantitative estimate of drug-likeness (QED) is 0.787. The fourth-order valence-electron chi connectivity index (χ4n) is 3.97. The third kappa shape index (κ3) is 2.66. The second-order valence-corrected chi connectivity index (χ2v) is 7.00. The number of fused-ring (bicyclic) bond motifs is 2. The minimum absolute atomic E-state index is 0.0481. The summed E-state index contributed by atoms with van der Waals surface area (Å²) in [5.41, 5.74) is 4.59. The zero-order chi connectivity index (χ0) is 17.5.